The van der Waals surface area contributed by atoms with Crippen LogP contribution < -0.4 is 10.6 Å². The molecule has 0 amide bonds. The van der Waals surface area contributed by atoms with Crippen molar-refractivity contribution in [3.63, 3.8) is 0 Å². The SMILES string of the molecule is CNc1nc(C(C)C)nc(NCc2ccno2)c1C. The Morgan fingerprint density at radius 3 is 2.58 bits per heavy atom. The molecular formula is C13H19N5O. The molecule has 0 saturated heterocycles. The predicted octanol–water partition coefficient (Wildman–Crippen LogP) is 2.55. The smallest absolute Gasteiger partial charge is 0.155 e. The lowest BCUT2D eigenvalue weighted by atomic mass is 10.2. The van der Waals surface area contributed by atoms with Gasteiger partial charge in [0.25, 0.3) is 0 Å². The second-order valence-electron chi connectivity index (χ2n) is 4.64. The van der Waals surface area contributed by atoms with E-state index in [-0.39, 0.29) is 5.92 Å². The average Bonchev–Trinajstić information content (AvgIpc) is 2.90. The van der Waals surface area contributed by atoms with Crippen molar-refractivity contribution < 1.29 is 4.52 Å². The van der Waals surface area contributed by atoms with Gasteiger partial charge in [0.05, 0.1) is 12.7 Å². The second-order valence-corrected chi connectivity index (χ2v) is 4.64. The first-order valence-electron chi connectivity index (χ1n) is 6.31. The third-order valence-corrected chi connectivity index (χ3v) is 2.84. The zero-order valence-corrected chi connectivity index (χ0v) is 11.7. The third-order valence-electron chi connectivity index (χ3n) is 2.84. The fraction of sp³-hybridized carbons (Fsp3) is 0.462. The summed E-state index contributed by atoms with van der Waals surface area (Å²) in [7, 11) is 1.86. The molecule has 0 aliphatic carbocycles. The van der Waals surface area contributed by atoms with Gasteiger partial charge in [-0.2, -0.15) is 0 Å². The van der Waals surface area contributed by atoms with Crippen LogP contribution in [0, 0.1) is 6.92 Å². The molecule has 0 bridgehead atoms. The number of anilines is 2. The number of aromatic nitrogens is 3. The normalized spacial score (nSPS) is 10.8. The van der Waals surface area contributed by atoms with Crippen LogP contribution in [0.5, 0.6) is 0 Å². The van der Waals surface area contributed by atoms with E-state index in [0.29, 0.717) is 6.54 Å². The summed E-state index contributed by atoms with van der Waals surface area (Å²) in [6.07, 6.45) is 1.63. The topological polar surface area (TPSA) is 75.9 Å². The van der Waals surface area contributed by atoms with Gasteiger partial charge in [-0.15, -0.1) is 0 Å². The first kappa shape index (κ1) is 13.3. The van der Waals surface area contributed by atoms with E-state index in [0.717, 1.165) is 28.8 Å². The van der Waals surface area contributed by atoms with Crippen LogP contribution in [0.15, 0.2) is 16.8 Å². The van der Waals surface area contributed by atoms with Crippen molar-refractivity contribution in [3.05, 3.63) is 29.4 Å². The maximum atomic E-state index is 5.06. The molecule has 0 saturated carbocycles. The number of nitrogens with one attached hydrogen (secondary N) is 2. The summed E-state index contributed by atoms with van der Waals surface area (Å²) < 4.78 is 5.06. The van der Waals surface area contributed by atoms with Gasteiger partial charge in [0, 0.05) is 24.6 Å². The molecule has 6 nitrogen and oxygen atoms in total. The molecular weight excluding hydrogens is 242 g/mol. The monoisotopic (exact) mass is 261 g/mol. The van der Waals surface area contributed by atoms with Crippen molar-refractivity contribution in [3.8, 4) is 0 Å². The maximum Gasteiger partial charge on any atom is 0.155 e. The minimum atomic E-state index is 0.276. The Labute approximate surface area is 112 Å². The summed E-state index contributed by atoms with van der Waals surface area (Å²) in [5, 5.41) is 10.0. The fourth-order valence-corrected chi connectivity index (χ4v) is 1.71. The number of hydrogen-bond acceptors (Lipinski definition) is 6. The maximum absolute atomic E-state index is 5.06. The van der Waals surface area contributed by atoms with Crippen molar-refractivity contribution in [2.24, 2.45) is 0 Å². The minimum Gasteiger partial charge on any atom is -0.373 e. The predicted molar refractivity (Wildman–Crippen MR) is 74.2 cm³/mol. The number of hydrogen-bond donors (Lipinski definition) is 2. The molecule has 19 heavy (non-hydrogen) atoms. The molecule has 2 aromatic rings. The second kappa shape index (κ2) is 5.69. The standard InChI is InChI=1S/C13H19N5O/c1-8(2)11-17-12(14-4)9(3)13(18-11)15-7-10-5-6-16-19-10/h5-6,8H,7H2,1-4H3,(H2,14,15,17,18). The molecule has 0 unspecified atom stereocenters. The zero-order valence-electron chi connectivity index (χ0n) is 11.7. The van der Waals surface area contributed by atoms with Gasteiger partial charge in [0.15, 0.2) is 5.76 Å². The van der Waals surface area contributed by atoms with Crippen LogP contribution in [-0.2, 0) is 6.54 Å². The van der Waals surface area contributed by atoms with Crippen LogP contribution in [0.25, 0.3) is 0 Å². The van der Waals surface area contributed by atoms with Gasteiger partial charge in [0.2, 0.25) is 0 Å². The Morgan fingerprint density at radius 1 is 1.26 bits per heavy atom. The van der Waals surface area contributed by atoms with Crippen LogP contribution in [0.1, 0.15) is 36.9 Å². The van der Waals surface area contributed by atoms with Gasteiger partial charge >= 0.3 is 0 Å². The Bertz CT molecular complexity index is 536. The first-order chi connectivity index (χ1) is 9.11. The summed E-state index contributed by atoms with van der Waals surface area (Å²) in [4.78, 5) is 9.05. The fourth-order valence-electron chi connectivity index (χ4n) is 1.71. The molecule has 0 aromatic carbocycles. The lowest BCUT2D eigenvalue weighted by Crippen LogP contribution is -2.10. The molecule has 2 N–H and O–H groups in total. The Balaban J connectivity index is 2.24. The molecule has 2 aromatic heterocycles. The summed E-state index contributed by atoms with van der Waals surface area (Å²) in [6, 6.07) is 1.83. The van der Waals surface area contributed by atoms with E-state index in [1.54, 1.807) is 6.20 Å². The first-order valence-corrected chi connectivity index (χ1v) is 6.31. The van der Waals surface area contributed by atoms with Crippen LogP contribution in [0.4, 0.5) is 11.6 Å². The molecule has 6 heteroatoms. The number of rotatable bonds is 5. The van der Waals surface area contributed by atoms with Crippen molar-refractivity contribution >= 4 is 11.6 Å². The van der Waals surface area contributed by atoms with Crippen molar-refractivity contribution in [2.45, 2.75) is 33.2 Å². The van der Waals surface area contributed by atoms with E-state index in [2.05, 4.69) is 39.6 Å². The molecule has 102 valence electrons. The summed E-state index contributed by atoms with van der Waals surface area (Å²) in [5.41, 5.74) is 0.992. The van der Waals surface area contributed by atoms with Crippen LogP contribution in [0.2, 0.25) is 0 Å². The van der Waals surface area contributed by atoms with E-state index in [4.69, 9.17) is 4.52 Å². The van der Waals surface area contributed by atoms with Gasteiger partial charge < -0.3 is 15.2 Å². The van der Waals surface area contributed by atoms with Crippen molar-refractivity contribution in [1.29, 1.82) is 0 Å². The van der Waals surface area contributed by atoms with Crippen LogP contribution in [0.3, 0.4) is 0 Å². The summed E-state index contributed by atoms with van der Waals surface area (Å²) in [5.74, 6) is 3.53. The van der Waals surface area contributed by atoms with Crippen molar-refractivity contribution in [1.82, 2.24) is 15.1 Å². The summed E-state index contributed by atoms with van der Waals surface area (Å²) in [6.45, 7) is 6.69. The summed E-state index contributed by atoms with van der Waals surface area (Å²) >= 11 is 0. The van der Waals surface area contributed by atoms with Gasteiger partial charge in [-0.05, 0) is 6.92 Å². The largest absolute Gasteiger partial charge is 0.373 e. The Hall–Kier alpha value is -2.11. The molecule has 0 radical (unpaired) electrons. The zero-order chi connectivity index (χ0) is 13.8. The van der Waals surface area contributed by atoms with Gasteiger partial charge in [-0.25, -0.2) is 9.97 Å². The highest BCUT2D eigenvalue weighted by Gasteiger charge is 2.12. The van der Waals surface area contributed by atoms with Gasteiger partial charge in [0.1, 0.15) is 17.5 Å². The molecule has 0 aliphatic heterocycles. The molecule has 0 spiro atoms. The molecule has 0 fully saturated rings. The molecule has 2 heterocycles. The van der Waals surface area contributed by atoms with Gasteiger partial charge in [-0.1, -0.05) is 19.0 Å². The third kappa shape index (κ3) is 3.01. The highest BCUT2D eigenvalue weighted by molar-refractivity contribution is 5.57. The van der Waals surface area contributed by atoms with Crippen LogP contribution in [-0.4, -0.2) is 22.2 Å². The lowest BCUT2D eigenvalue weighted by Gasteiger charge is -2.14. The van der Waals surface area contributed by atoms with E-state index in [9.17, 15) is 0 Å². The Kier molecular flexibility index (Phi) is 3.99. The molecule has 0 aliphatic rings. The Morgan fingerprint density at radius 2 is 2.00 bits per heavy atom. The number of nitrogens with zero attached hydrogens (tertiary/aromatic N) is 3. The lowest BCUT2D eigenvalue weighted by molar-refractivity contribution is 0.388. The molecule has 2 rings (SSSR count). The molecule has 0 atom stereocenters. The van der Waals surface area contributed by atoms with E-state index < -0.39 is 0 Å². The highest BCUT2D eigenvalue weighted by atomic mass is 16.5. The quantitative estimate of drug-likeness (QED) is 0.861. The van der Waals surface area contributed by atoms with E-state index in [1.165, 1.54) is 0 Å². The average molecular weight is 261 g/mol. The van der Waals surface area contributed by atoms with E-state index >= 15 is 0 Å². The van der Waals surface area contributed by atoms with Crippen molar-refractivity contribution in [2.75, 3.05) is 17.7 Å². The minimum absolute atomic E-state index is 0.276. The van der Waals surface area contributed by atoms with Gasteiger partial charge in [-0.3, -0.25) is 0 Å². The van der Waals surface area contributed by atoms with E-state index in [1.807, 2.05) is 20.0 Å². The highest BCUT2D eigenvalue weighted by Crippen LogP contribution is 2.23. The van der Waals surface area contributed by atoms with Crippen LogP contribution >= 0.6 is 0 Å².